The highest BCUT2D eigenvalue weighted by atomic mass is 35.5. The van der Waals surface area contributed by atoms with Crippen LogP contribution in [0.5, 0.6) is 5.75 Å². The van der Waals surface area contributed by atoms with E-state index in [0.717, 1.165) is 16.7 Å². The number of nitrogens with one attached hydrogen (secondary N) is 1. The fourth-order valence-corrected chi connectivity index (χ4v) is 2.46. The lowest BCUT2D eigenvalue weighted by atomic mass is 10.0. The number of carbonyl (C=O) groups is 1. The van der Waals surface area contributed by atoms with Crippen LogP contribution in [0.2, 0.25) is 5.02 Å². The maximum Gasteiger partial charge on any atom is 0.277 e. The predicted octanol–water partition coefficient (Wildman–Crippen LogP) is 4.41. The third-order valence-electron chi connectivity index (χ3n) is 3.70. The summed E-state index contributed by atoms with van der Waals surface area (Å²) in [4.78, 5) is 11.9. The van der Waals surface area contributed by atoms with Gasteiger partial charge in [0.05, 0.1) is 5.71 Å². The summed E-state index contributed by atoms with van der Waals surface area (Å²) in [6, 6.07) is 21.0. The van der Waals surface area contributed by atoms with Gasteiger partial charge in [-0.1, -0.05) is 48.0 Å². The van der Waals surface area contributed by atoms with Crippen LogP contribution in [0.1, 0.15) is 12.5 Å². The van der Waals surface area contributed by atoms with Gasteiger partial charge >= 0.3 is 0 Å². The van der Waals surface area contributed by atoms with Gasteiger partial charge in [-0.3, -0.25) is 4.79 Å². The molecule has 0 aliphatic carbocycles. The van der Waals surface area contributed by atoms with Crippen LogP contribution in [-0.4, -0.2) is 18.2 Å². The van der Waals surface area contributed by atoms with Gasteiger partial charge in [-0.25, -0.2) is 5.43 Å². The number of hydrogen-bond donors (Lipinski definition) is 1. The Labute approximate surface area is 151 Å². The molecule has 1 amide bonds. The van der Waals surface area contributed by atoms with Crippen molar-refractivity contribution < 1.29 is 9.53 Å². The monoisotopic (exact) mass is 352 g/mol. The van der Waals surface area contributed by atoms with Gasteiger partial charge in [0.15, 0.2) is 6.61 Å². The number of carbonyl (C=O) groups excluding carboxylic acids is 1. The Morgan fingerprint density at radius 3 is 2.52 bits per heavy atom. The van der Waals surface area contributed by atoms with E-state index >= 15 is 0 Å². The molecule has 3 rings (SSSR count). The Morgan fingerprint density at radius 2 is 1.76 bits per heavy atom. The third kappa shape index (κ3) is 4.58. The van der Waals surface area contributed by atoms with E-state index < -0.39 is 0 Å². The van der Waals surface area contributed by atoms with Crippen molar-refractivity contribution in [2.45, 2.75) is 6.92 Å². The smallest absolute Gasteiger partial charge is 0.277 e. The Morgan fingerprint density at radius 1 is 1.04 bits per heavy atom. The van der Waals surface area contributed by atoms with E-state index in [0.29, 0.717) is 10.8 Å². The highest BCUT2D eigenvalue weighted by molar-refractivity contribution is 6.30. The topological polar surface area (TPSA) is 50.7 Å². The summed E-state index contributed by atoms with van der Waals surface area (Å²) < 4.78 is 5.38. The molecule has 0 saturated heterocycles. The Balaban J connectivity index is 1.59. The summed E-state index contributed by atoms with van der Waals surface area (Å²) in [7, 11) is 0. The van der Waals surface area contributed by atoms with E-state index in [9.17, 15) is 4.79 Å². The van der Waals surface area contributed by atoms with E-state index in [-0.39, 0.29) is 12.5 Å². The zero-order valence-electron chi connectivity index (χ0n) is 13.7. The predicted molar refractivity (Wildman–Crippen MR) is 101 cm³/mol. The van der Waals surface area contributed by atoms with Crippen LogP contribution in [0.4, 0.5) is 0 Å². The van der Waals surface area contributed by atoms with E-state index in [4.69, 9.17) is 16.3 Å². The lowest BCUT2D eigenvalue weighted by Crippen LogP contribution is -2.25. The molecule has 0 saturated carbocycles. The van der Waals surface area contributed by atoms with Crippen molar-refractivity contribution in [3.8, 4) is 5.75 Å². The number of rotatable bonds is 5. The largest absolute Gasteiger partial charge is 0.484 e. The highest BCUT2D eigenvalue weighted by Crippen LogP contribution is 2.16. The molecule has 0 aromatic heterocycles. The van der Waals surface area contributed by atoms with Crippen molar-refractivity contribution in [1.82, 2.24) is 5.43 Å². The van der Waals surface area contributed by atoms with Gasteiger partial charge in [0, 0.05) is 5.02 Å². The van der Waals surface area contributed by atoms with E-state index in [2.05, 4.69) is 16.6 Å². The lowest BCUT2D eigenvalue weighted by molar-refractivity contribution is -0.123. The molecule has 0 unspecified atom stereocenters. The van der Waals surface area contributed by atoms with Crippen molar-refractivity contribution in [3.05, 3.63) is 77.3 Å². The number of nitrogens with zero attached hydrogens (tertiary/aromatic N) is 1. The molecule has 1 N–H and O–H groups in total. The first kappa shape index (κ1) is 17.0. The van der Waals surface area contributed by atoms with Gasteiger partial charge in [0.2, 0.25) is 0 Å². The number of halogens is 1. The maximum absolute atomic E-state index is 11.9. The maximum atomic E-state index is 11.9. The van der Waals surface area contributed by atoms with Crippen molar-refractivity contribution >= 4 is 34.0 Å². The van der Waals surface area contributed by atoms with Gasteiger partial charge in [-0.15, -0.1) is 0 Å². The van der Waals surface area contributed by atoms with E-state index in [1.54, 1.807) is 24.3 Å². The molecular weight excluding hydrogens is 336 g/mol. The Kier molecular flexibility index (Phi) is 5.31. The van der Waals surface area contributed by atoms with Crippen LogP contribution in [-0.2, 0) is 4.79 Å². The van der Waals surface area contributed by atoms with Crippen LogP contribution in [0.15, 0.2) is 71.8 Å². The molecule has 4 nitrogen and oxygen atoms in total. The highest BCUT2D eigenvalue weighted by Gasteiger charge is 2.04. The molecule has 0 aliphatic heterocycles. The van der Waals surface area contributed by atoms with Gasteiger partial charge in [0.25, 0.3) is 5.91 Å². The zero-order valence-corrected chi connectivity index (χ0v) is 14.5. The van der Waals surface area contributed by atoms with Crippen molar-refractivity contribution in [2.24, 2.45) is 5.10 Å². The summed E-state index contributed by atoms with van der Waals surface area (Å²) in [5.74, 6) is 0.255. The molecule has 0 radical (unpaired) electrons. The van der Waals surface area contributed by atoms with Gasteiger partial charge in [-0.05, 0) is 53.6 Å². The minimum absolute atomic E-state index is 0.115. The molecular formula is C20H17ClN2O2. The first-order valence-electron chi connectivity index (χ1n) is 7.82. The van der Waals surface area contributed by atoms with Crippen molar-refractivity contribution in [3.63, 3.8) is 0 Å². The average molecular weight is 353 g/mol. The summed E-state index contributed by atoms with van der Waals surface area (Å²) >= 11 is 5.80. The zero-order chi connectivity index (χ0) is 17.6. The van der Waals surface area contributed by atoms with Crippen molar-refractivity contribution in [2.75, 3.05) is 6.61 Å². The molecule has 5 heteroatoms. The fraction of sp³-hybridized carbons (Fsp3) is 0.100. The van der Waals surface area contributed by atoms with Crippen LogP contribution in [0.3, 0.4) is 0 Å². The molecule has 0 spiro atoms. The minimum atomic E-state index is -0.324. The molecule has 3 aromatic carbocycles. The average Bonchev–Trinajstić information content (AvgIpc) is 2.65. The third-order valence-corrected chi connectivity index (χ3v) is 3.95. The molecule has 126 valence electrons. The molecule has 0 atom stereocenters. The van der Waals surface area contributed by atoms with Gasteiger partial charge in [0.1, 0.15) is 5.75 Å². The van der Waals surface area contributed by atoms with Crippen LogP contribution in [0.25, 0.3) is 10.8 Å². The fourth-order valence-electron chi connectivity index (χ4n) is 2.34. The second-order valence-corrected chi connectivity index (χ2v) is 5.97. The molecule has 0 heterocycles. The lowest BCUT2D eigenvalue weighted by Gasteiger charge is -2.06. The number of hydrazone groups is 1. The van der Waals surface area contributed by atoms with Crippen LogP contribution in [0, 0.1) is 0 Å². The number of ether oxygens (including phenoxy) is 1. The van der Waals surface area contributed by atoms with Gasteiger partial charge in [-0.2, -0.15) is 5.10 Å². The molecule has 0 bridgehead atoms. The normalized spacial score (nSPS) is 11.4. The Bertz CT molecular complexity index is 920. The van der Waals surface area contributed by atoms with E-state index in [1.165, 1.54) is 5.39 Å². The van der Waals surface area contributed by atoms with Crippen LogP contribution >= 0.6 is 11.6 Å². The standard InChI is InChI=1S/C20H17ClN2O2/c1-14(16-7-6-15-4-2-3-5-17(15)12-16)22-23-20(24)13-25-19-10-8-18(21)9-11-19/h2-12H,13H2,1H3,(H,23,24)/b22-14+. The number of amides is 1. The summed E-state index contributed by atoms with van der Waals surface area (Å²) in [6.07, 6.45) is 0. The van der Waals surface area contributed by atoms with Gasteiger partial charge < -0.3 is 4.74 Å². The first-order valence-corrected chi connectivity index (χ1v) is 8.20. The minimum Gasteiger partial charge on any atom is -0.484 e. The van der Waals surface area contributed by atoms with Crippen molar-refractivity contribution in [1.29, 1.82) is 0 Å². The summed E-state index contributed by atoms with van der Waals surface area (Å²) in [5.41, 5.74) is 4.19. The first-order chi connectivity index (χ1) is 12.1. The molecule has 0 aliphatic rings. The molecule has 25 heavy (non-hydrogen) atoms. The SMILES string of the molecule is C/C(=N\NC(=O)COc1ccc(Cl)cc1)c1ccc2ccccc2c1. The number of benzene rings is 3. The Hall–Kier alpha value is -2.85. The molecule has 0 fully saturated rings. The molecule has 3 aromatic rings. The second kappa shape index (κ2) is 7.81. The number of hydrogen-bond acceptors (Lipinski definition) is 3. The summed E-state index contributed by atoms with van der Waals surface area (Å²) in [5, 5.41) is 7.06. The second-order valence-electron chi connectivity index (χ2n) is 5.54. The van der Waals surface area contributed by atoms with E-state index in [1.807, 2.05) is 43.3 Å². The summed E-state index contributed by atoms with van der Waals surface area (Å²) in [6.45, 7) is 1.74. The number of fused-ring (bicyclic) bond motifs is 1. The van der Waals surface area contributed by atoms with Crippen LogP contribution < -0.4 is 10.2 Å². The quantitative estimate of drug-likeness (QED) is 0.546.